The standard InChI is InChI=1S/C16H26N2O/c1-5-14(4)17-16(19)12-18(13(2)3)11-15-9-7-6-8-10-15/h6-10,13-14H,5,11-12H2,1-4H3,(H,17,19). The number of hydrogen-bond acceptors (Lipinski definition) is 2. The molecule has 3 nitrogen and oxygen atoms in total. The Hall–Kier alpha value is -1.35. The Morgan fingerprint density at radius 3 is 2.37 bits per heavy atom. The SMILES string of the molecule is CCC(C)NC(=O)CN(Cc1ccccc1)C(C)C. The third kappa shape index (κ3) is 5.88. The molecule has 3 heteroatoms. The highest BCUT2D eigenvalue weighted by Gasteiger charge is 2.15. The van der Waals surface area contributed by atoms with Crippen LogP contribution >= 0.6 is 0 Å². The van der Waals surface area contributed by atoms with Gasteiger partial charge in [-0.1, -0.05) is 37.3 Å². The van der Waals surface area contributed by atoms with Gasteiger partial charge in [0.05, 0.1) is 6.54 Å². The highest BCUT2D eigenvalue weighted by Crippen LogP contribution is 2.07. The Morgan fingerprint density at radius 2 is 1.84 bits per heavy atom. The van der Waals surface area contributed by atoms with E-state index in [1.165, 1.54) is 5.56 Å². The average molecular weight is 262 g/mol. The normalized spacial score (nSPS) is 12.7. The van der Waals surface area contributed by atoms with E-state index in [1.54, 1.807) is 0 Å². The van der Waals surface area contributed by atoms with Gasteiger partial charge in [0.25, 0.3) is 0 Å². The summed E-state index contributed by atoms with van der Waals surface area (Å²) in [5, 5.41) is 3.02. The maximum Gasteiger partial charge on any atom is 0.234 e. The number of nitrogens with one attached hydrogen (secondary N) is 1. The summed E-state index contributed by atoms with van der Waals surface area (Å²) in [7, 11) is 0. The number of benzene rings is 1. The van der Waals surface area contributed by atoms with Crippen molar-refractivity contribution in [2.75, 3.05) is 6.54 Å². The summed E-state index contributed by atoms with van der Waals surface area (Å²) < 4.78 is 0. The van der Waals surface area contributed by atoms with Crippen LogP contribution in [0.3, 0.4) is 0 Å². The van der Waals surface area contributed by atoms with Crippen LogP contribution in [-0.2, 0) is 11.3 Å². The van der Waals surface area contributed by atoms with Crippen molar-refractivity contribution < 1.29 is 4.79 Å². The lowest BCUT2D eigenvalue weighted by molar-refractivity contribution is -0.123. The van der Waals surface area contributed by atoms with E-state index < -0.39 is 0 Å². The lowest BCUT2D eigenvalue weighted by atomic mass is 10.2. The minimum atomic E-state index is 0.110. The van der Waals surface area contributed by atoms with Gasteiger partial charge in [-0.15, -0.1) is 0 Å². The Morgan fingerprint density at radius 1 is 1.21 bits per heavy atom. The van der Waals surface area contributed by atoms with Crippen molar-refractivity contribution >= 4 is 5.91 Å². The van der Waals surface area contributed by atoms with Gasteiger partial charge in [0.2, 0.25) is 5.91 Å². The van der Waals surface area contributed by atoms with Gasteiger partial charge < -0.3 is 5.32 Å². The molecule has 1 rings (SSSR count). The van der Waals surface area contributed by atoms with Gasteiger partial charge in [-0.25, -0.2) is 0 Å². The smallest absolute Gasteiger partial charge is 0.234 e. The highest BCUT2D eigenvalue weighted by atomic mass is 16.2. The molecule has 106 valence electrons. The van der Waals surface area contributed by atoms with E-state index in [1.807, 2.05) is 25.1 Å². The van der Waals surface area contributed by atoms with E-state index in [0.717, 1.165) is 13.0 Å². The van der Waals surface area contributed by atoms with Crippen molar-refractivity contribution in [1.82, 2.24) is 10.2 Å². The first-order valence-electron chi connectivity index (χ1n) is 7.10. The lowest BCUT2D eigenvalue weighted by Crippen LogP contribution is -2.43. The molecular formula is C16H26N2O. The predicted octanol–water partition coefficient (Wildman–Crippen LogP) is 2.81. The van der Waals surface area contributed by atoms with Crippen LogP contribution < -0.4 is 5.32 Å². The van der Waals surface area contributed by atoms with Crippen LogP contribution in [-0.4, -0.2) is 29.4 Å². The van der Waals surface area contributed by atoms with Crippen molar-refractivity contribution in [3.05, 3.63) is 35.9 Å². The highest BCUT2D eigenvalue weighted by molar-refractivity contribution is 5.78. The van der Waals surface area contributed by atoms with Gasteiger partial charge in [0, 0.05) is 18.6 Å². The van der Waals surface area contributed by atoms with Crippen molar-refractivity contribution in [2.45, 2.75) is 52.7 Å². The molecule has 1 aromatic rings. The molecule has 1 unspecified atom stereocenters. The molecular weight excluding hydrogens is 236 g/mol. The molecule has 1 amide bonds. The van der Waals surface area contributed by atoms with E-state index in [4.69, 9.17) is 0 Å². The molecule has 0 bridgehead atoms. The summed E-state index contributed by atoms with van der Waals surface area (Å²) in [6.07, 6.45) is 0.964. The first-order chi connectivity index (χ1) is 9.02. The monoisotopic (exact) mass is 262 g/mol. The number of amides is 1. The molecule has 0 aliphatic heterocycles. The second-order valence-corrected chi connectivity index (χ2v) is 5.36. The molecule has 0 aromatic heterocycles. The quantitative estimate of drug-likeness (QED) is 0.819. The molecule has 1 atom stereocenters. The van der Waals surface area contributed by atoms with Crippen molar-refractivity contribution in [3.8, 4) is 0 Å². The molecule has 1 N–H and O–H groups in total. The van der Waals surface area contributed by atoms with Gasteiger partial charge in [-0.2, -0.15) is 0 Å². The molecule has 0 aliphatic rings. The molecule has 0 radical (unpaired) electrons. The summed E-state index contributed by atoms with van der Waals surface area (Å²) in [4.78, 5) is 14.2. The van der Waals surface area contributed by atoms with Crippen LogP contribution in [0.25, 0.3) is 0 Å². The summed E-state index contributed by atoms with van der Waals surface area (Å²) in [6.45, 7) is 9.63. The molecule has 19 heavy (non-hydrogen) atoms. The second-order valence-electron chi connectivity index (χ2n) is 5.36. The Kier molecular flexibility index (Phi) is 6.57. The molecule has 0 spiro atoms. The summed E-state index contributed by atoms with van der Waals surface area (Å²) in [5.41, 5.74) is 1.24. The maximum absolute atomic E-state index is 12.0. The minimum absolute atomic E-state index is 0.110. The van der Waals surface area contributed by atoms with Crippen molar-refractivity contribution in [1.29, 1.82) is 0 Å². The van der Waals surface area contributed by atoms with Crippen molar-refractivity contribution in [2.24, 2.45) is 0 Å². The molecule has 0 saturated heterocycles. The third-order valence-electron chi connectivity index (χ3n) is 3.33. The van der Waals surface area contributed by atoms with Gasteiger partial charge in [0.1, 0.15) is 0 Å². The third-order valence-corrected chi connectivity index (χ3v) is 3.33. The summed E-state index contributed by atoms with van der Waals surface area (Å²) in [6, 6.07) is 10.9. The van der Waals surface area contributed by atoms with Gasteiger partial charge in [-0.3, -0.25) is 9.69 Å². The Balaban J connectivity index is 2.56. The first-order valence-corrected chi connectivity index (χ1v) is 7.10. The molecule has 0 heterocycles. The average Bonchev–Trinajstić information content (AvgIpc) is 2.38. The Labute approximate surface area is 117 Å². The second kappa shape index (κ2) is 7.95. The molecule has 0 fully saturated rings. The zero-order valence-corrected chi connectivity index (χ0v) is 12.5. The minimum Gasteiger partial charge on any atom is -0.353 e. The zero-order chi connectivity index (χ0) is 14.3. The fourth-order valence-electron chi connectivity index (χ4n) is 1.85. The topological polar surface area (TPSA) is 32.3 Å². The van der Waals surface area contributed by atoms with E-state index in [9.17, 15) is 4.79 Å². The van der Waals surface area contributed by atoms with Crippen LogP contribution in [0.15, 0.2) is 30.3 Å². The van der Waals surface area contributed by atoms with Crippen LogP contribution in [0.1, 0.15) is 39.7 Å². The van der Waals surface area contributed by atoms with Gasteiger partial charge in [0.15, 0.2) is 0 Å². The van der Waals surface area contributed by atoms with E-state index in [2.05, 4.69) is 43.1 Å². The largest absolute Gasteiger partial charge is 0.353 e. The lowest BCUT2D eigenvalue weighted by Gasteiger charge is -2.26. The van der Waals surface area contributed by atoms with E-state index in [-0.39, 0.29) is 11.9 Å². The fraction of sp³-hybridized carbons (Fsp3) is 0.562. The molecule has 1 aromatic carbocycles. The molecule has 0 saturated carbocycles. The predicted molar refractivity (Wildman–Crippen MR) is 79.9 cm³/mol. The van der Waals surface area contributed by atoms with E-state index >= 15 is 0 Å². The number of carbonyl (C=O) groups is 1. The van der Waals surface area contributed by atoms with Gasteiger partial charge >= 0.3 is 0 Å². The fourth-order valence-corrected chi connectivity index (χ4v) is 1.85. The number of hydrogen-bond donors (Lipinski definition) is 1. The maximum atomic E-state index is 12.0. The summed E-state index contributed by atoms with van der Waals surface area (Å²) >= 11 is 0. The van der Waals surface area contributed by atoms with Crippen LogP contribution in [0.4, 0.5) is 0 Å². The van der Waals surface area contributed by atoms with Crippen LogP contribution in [0.2, 0.25) is 0 Å². The van der Waals surface area contributed by atoms with Crippen LogP contribution in [0.5, 0.6) is 0 Å². The first kappa shape index (κ1) is 15.7. The number of nitrogens with zero attached hydrogens (tertiary/aromatic N) is 1. The van der Waals surface area contributed by atoms with Crippen LogP contribution in [0, 0.1) is 0 Å². The number of carbonyl (C=O) groups excluding carboxylic acids is 1. The molecule has 0 aliphatic carbocycles. The zero-order valence-electron chi connectivity index (χ0n) is 12.5. The van der Waals surface area contributed by atoms with Crippen molar-refractivity contribution in [3.63, 3.8) is 0 Å². The van der Waals surface area contributed by atoms with E-state index in [0.29, 0.717) is 12.6 Å². The Bertz CT molecular complexity index is 376. The summed E-state index contributed by atoms with van der Waals surface area (Å²) in [5.74, 6) is 0.110. The van der Waals surface area contributed by atoms with Gasteiger partial charge in [-0.05, 0) is 32.8 Å². The number of rotatable bonds is 7.